The van der Waals surface area contributed by atoms with Gasteiger partial charge < -0.3 is 10.6 Å². The molecular weight excluding hydrogens is 348 g/mol. The molecule has 0 radical (unpaired) electrons. The van der Waals surface area contributed by atoms with E-state index in [1.165, 1.54) is 0 Å². The van der Waals surface area contributed by atoms with Crippen molar-refractivity contribution in [2.75, 3.05) is 5.32 Å². The number of benzene rings is 3. The van der Waals surface area contributed by atoms with Crippen molar-refractivity contribution in [2.24, 2.45) is 0 Å². The molecule has 28 heavy (non-hydrogen) atoms. The van der Waals surface area contributed by atoms with E-state index in [1.54, 1.807) is 12.1 Å². The Bertz CT molecular complexity index is 953. The van der Waals surface area contributed by atoms with E-state index in [0.717, 1.165) is 22.4 Å². The van der Waals surface area contributed by atoms with Crippen molar-refractivity contribution in [3.63, 3.8) is 0 Å². The topological polar surface area (TPSA) is 58.2 Å². The van der Waals surface area contributed by atoms with Crippen LogP contribution in [0.15, 0.2) is 78.9 Å². The van der Waals surface area contributed by atoms with E-state index < -0.39 is 6.04 Å². The van der Waals surface area contributed by atoms with Crippen molar-refractivity contribution >= 4 is 17.5 Å². The second-order valence-electron chi connectivity index (χ2n) is 6.80. The second-order valence-corrected chi connectivity index (χ2v) is 6.80. The Kier molecular flexibility index (Phi) is 6.22. The summed E-state index contributed by atoms with van der Waals surface area (Å²) in [6.07, 6.45) is 0.149. The van der Waals surface area contributed by atoms with Crippen LogP contribution in [0.1, 0.15) is 39.5 Å². The van der Waals surface area contributed by atoms with Gasteiger partial charge in [0.15, 0.2) is 0 Å². The first-order chi connectivity index (χ1) is 13.5. The minimum absolute atomic E-state index is 0.143. The van der Waals surface area contributed by atoms with Gasteiger partial charge in [-0.3, -0.25) is 9.59 Å². The van der Waals surface area contributed by atoms with Gasteiger partial charge >= 0.3 is 0 Å². The molecular formula is C24H24N2O2. The third-order valence-electron chi connectivity index (χ3n) is 4.81. The van der Waals surface area contributed by atoms with Crippen molar-refractivity contribution < 1.29 is 9.59 Å². The Morgan fingerprint density at radius 3 is 2.14 bits per heavy atom. The van der Waals surface area contributed by atoms with Crippen LogP contribution >= 0.6 is 0 Å². The molecule has 4 nitrogen and oxygen atoms in total. The third-order valence-corrected chi connectivity index (χ3v) is 4.81. The smallest absolute Gasteiger partial charge is 0.251 e. The van der Waals surface area contributed by atoms with Crippen molar-refractivity contribution in [1.82, 2.24) is 5.32 Å². The fourth-order valence-electron chi connectivity index (χ4n) is 3.04. The van der Waals surface area contributed by atoms with Crippen LogP contribution in [0.25, 0.3) is 0 Å². The number of anilines is 1. The summed E-state index contributed by atoms with van der Waals surface area (Å²) in [5.41, 5.74) is 4.42. The van der Waals surface area contributed by atoms with Crippen molar-refractivity contribution in [1.29, 1.82) is 0 Å². The Balaban J connectivity index is 1.76. The Morgan fingerprint density at radius 1 is 0.821 bits per heavy atom. The van der Waals surface area contributed by atoms with Gasteiger partial charge in [0, 0.05) is 11.3 Å². The minimum Gasteiger partial charge on any atom is -0.345 e. The summed E-state index contributed by atoms with van der Waals surface area (Å²) in [5, 5.41) is 5.97. The monoisotopic (exact) mass is 372 g/mol. The number of carbonyl (C=O) groups excluding carboxylic acids is 2. The predicted octanol–water partition coefficient (Wildman–Crippen LogP) is 4.80. The highest BCUT2D eigenvalue weighted by atomic mass is 16.2. The molecule has 4 heteroatoms. The van der Waals surface area contributed by atoms with Gasteiger partial charge in [-0.1, -0.05) is 60.7 Å². The first-order valence-corrected chi connectivity index (χ1v) is 9.31. The lowest BCUT2D eigenvalue weighted by Gasteiger charge is -2.20. The average Bonchev–Trinajstić information content (AvgIpc) is 2.72. The lowest BCUT2D eigenvalue weighted by Crippen LogP contribution is -2.31. The molecule has 0 aliphatic rings. The average molecular weight is 372 g/mol. The number of hydrogen-bond donors (Lipinski definition) is 2. The highest BCUT2D eigenvalue weighted by Gasteiger charge is 2.19. The van der Waals surface area contributed by atoms with Crippen molar-refractivity contribution in [2.45, 2.75) is 26.3 Å². The Labute approximate surface area is 165 Å². The number of nitrogens with one attached hydrogen (secondary N) is 2. The number of carbonyl (C=O) groups is 2. The van der Waals surface area contributed by atoms with Crippen LogP contribution in [0.5, 0.6) is 0 Å². The van der Waals surface area contributed by atoms with E-state index in [9.17, 15) is 9.59 Å². The van der Waals surface area contributed by atoms with Gasteiger partial charge in [0.25, 0.3) is 5.91 Å². The first-order valence-electron chi connectivity index (χ1n) is 9.31. The van der Waals surface area contributed by atoms with E-state index in [0.29, 0.717) is 5.56 Å². The van der Waals surface area contributed by atoms with Gasteiger partial charge in [-0.15, -0.1) is 0 Å². The number of aryl methyl sites for hydroxylation is 1. The molecule has 0 aliphatic heterocycles. The molecule has 0 bridgehead atoms. The fourth-order valence-corrected chi connectivity index (χ4v) is 3.04. The molecule has 0 saturated heterocycles. The Hall–Kier alpha value is -3.40. The fraction of sp³-hybridized carbons (Fsp3) is 0.167. The first kappa shape index (κ1) is 19.4. The van der Waals surface area contributed by atoms with E-state index >= 15 is 0 Å². The minimum atomic E-state index is -0.418. The van der Waals surface area contributed by atoms with Gasteiger partial charge in [0.2, 0.25) is 5.91 Å². The summed E-state index contributed by atoms with van der Waals surface area (Å²) >= 11 is 0. The molecule has 3 aromatic carbocycles. The lowest BCUT2D eigenvalue weighted by atomic mass is 10.0. The molecule has 0 spiro atoms. The van der Waals surface area contributed by atoms with Gasteiger partial charge in [-0.25, -0.2) is 0 Å². The van der Waals surface area contributed by atoms with Crippen LogP contribution in [0, 0.1) is 13.8 Å². The van der Waals surface area contributed by atoms with Crippen LogP contribution in [-0.4, -0.2) is 11.8 Å². The molecule has 0 aromatic heterocycles. The van der Waals surface area contributed by atoms with E-state index in [1.807, 2.05) is 80.6 Å². The van der Waals surface area contributed by atoms with Gasteiger partial charge in [-0.05, 0) is 48.7 Å². The maximum absolute atomic E-state index is 12.7. The van der Waals surface area contributed by atoms with E-state index in [-0.39, 0.29) is 18.2 Å². The molecule has 2 amide bonds. The molecule has 0 saturated carbocycles. The summed E-state index contributed by atoms with van der Waals surface area (Å²) in [6.45, 7) is 3.99. The molecule has 3 rings (SSSR count). The summed E-state index contributed by atoms with van der Waals surface area (Å²) in [6, 6.07) is 24.0. The molecule has 0 heterocycles. The van der Waals surface area contributed by atoms with Crippen LogP contribution < -0.4 is 10.6 Å². The van der Waals surface area contributed by atoms with Crippen LogP contribution in [0.4, 0.5) is 5.69 Å². The lowest BCUT2D eigenvalue weighted by molar-refractivity contribution is -0.116. The standard InChI is InChI=1S/C24H24N2O2/c1-17-10-9-15-21(18(17)2)25-23(27)16-22(19-11-5-3-6-12-19)26-24(28)20-13-7-4-8-14-20/h3-15,22H,16H2,1-2H3,(H,25,27)(H,26,28)/t22-/m0/s1. The quantitative estimate of drug-likeness (QED) is 0.653. The summed E-state index contributed by atoms with van der Waals surface area (Å²) in [4.78, 5) is 25.3. The van der Waals surface area contributed by atoms with Crippen LogP contribution in [0.3, 0.4) is 0 Å². The molecule has 0 aliphatic carbocycles. The highest BCUT2D eigenvalue weighted by molar-refractivity contribution is 5.96. The summed E-state index contributed by atoms with van der Waals surface area (Å²) in [7, 11) is 0. The van der Waals surface area contributed by atoms with Crippen molar-refractivity contribution in [3.8, 4) is 0 Å². The normalized spacial score (nSPS) is 11.5. The zero-order valence-corrected chi connectivity index (χ0v) is 16.1. The molecule has 2 N–H and O–H groups in total. The van der Waals surface area contributed by atoms with Crippen LogP contribution in [0.2, 0.25) is 0 Å². The molecule has 0 fully saturated rings. The molecule has 142 valence electrons. The molecule has 3 aromatic rings. The van der Waals surface area contributed by atoms with E-state index in [4.69, 9.17) is 0 Å². The SMILES string of the molecule is Cc1cccc(NC(=O)C[C@H](NC(=O)c2ccccc2)c2ccccc2)c1C. The second kappa shape index (κ2) is 9.00. The van der Waals surface area contributed by atoms with Gasteiger partial charge in [-0.2, -0.15) is 0 Å². The van der Waals surface area contributed by atoms with Gasteiger partial charge in [0.05, 0.1) is 12.5 Å². The zero-order chi connectivity index (χ0) is 19.9. The van der Waals surface area contributed by atoms with Crippen LogP contribution in [-0.2, 0) is 4.79 Å². The molecule has 1 atom stereocenters. The largest absolute Gasteiger partial charge is 0.345 e. The Morgan fingerprint density at radius 2 is 1.46 bits per heavy atom. The van der Waals surface area contributed by atoms with Crippen molar-refractivity contribution in [3.05, 3.63) is 101 Å². The molecule has 0 unspecified atom stereocenters. The summed E-state index contributed by atoms with van der Waals surface area (Å²) in [5.74, 6) is -0.343. The zero-order valence-electron chi connectivity index (χ0n) is 16.1. The number of rotatable bonds is 6. The number of amides is 2. The third kappa shape index (κ3) is 4.86. The number of hydrogen-bond acceptors (Lipinski definition) is 2. The van der Waals surface area contributed by atoms with Gasteiger partial charge in [0.1, 0.15) is 0 Å². The highest BCUT2D eigenvalue weighted by Crippen LogP contribution is 2.21. The summed E-state index contributed by atoms with van der Waals surface area (Å²) < 4.78 is 0. The maximum atomic E-state index is 12.7. The maximum Gasteiger partial charge on any atom is 0.251 e. The van der Waals surface area contributed by atoms with E-state index in [2.05, 4.69) is 10.6 Å². The predicted molar refractivity (Wildman–Crippen MR) is 112 cm³/mol.